The summed E-state index contributed by atoms with van der Waals surface area (Å²) in [5, 5.41) is 13.0. The minimum atomic E-state index is -0.160. The van der Waals surface area contributed by atoms with Crippen LogP contribution in [0.5, 0.6) is 0 Å². The summed E-state index contributed by atoms with van der Waals surface area (Å²) in [6, 6.07) is 8.61. The average Bonchev–Trinajstić information content (AvgIpc) is 3.23. The number of benzene rings is 1. The van der Waals surface area contributed by atoms with Gasteiger partial charge in [-0.15, -0.1) is 0 Å². The zero-order valence-corrected chi connectivity index (χ0v) is 13.5. The van der Waals surface area contributed by atoms with Crippen molar-refractivity contribution in [3.05, 3.63) is 60.3 Å². The molecule has 1 aromatic carbocycles. The van der Waals surface area contributed by atoms with Crippen molar-refractivity contribution in [3.63, 3.8) is 0 Å². The number of likely N-dealkylation sites (tertiary alicyclic amines) is 1. The number of nitrogens with one attached hydrogen (secondary N) is 1. The summed E-state index contributed by atoms with van der Waals surface area (Å²) in [4.78, 5) is 10.8. The second-order valence-corrected chi connectivity index (χ2v) is 6.31. The van der Waals surface area contributed by atoms with Crippen LogP contribution in [-0.4, -0.2) is 43.6 Å². The van der Waals surface area contributed by atoms with Gasteiger partial charge in [-0.1, -0.05) is 24.3 Å². The maximum atomic E-state index is 9.60. The van der Waals surface area contributed by atoms with E-state index in [2.05, 4.69) is 44.5 Å². The average molecular weight is 323 g/mol. The van der Waals surface area contributed by atoms with Gasteiger partial charge in [0.2, 0.25) is 0 Å². The van der Waals surface area contributed by atoms with Gasteiger partial charge >= 0.3 is 0 Å². The Morgan fingerprint density at radius 1 is 1.21 bits per heavy atom. The van der Waals surface area contributed by atoms with Crippen molar-refractivity contribution in [3.8, 4) is 0 Å². The van der Waals surface area contributed by atoms with Crippen molar-refractivity contribution in [1.82, 2.24) is 19.3 Å². The predicted molar refractivity (Wildman–Crippen MR) is 92.7 cm³/mol. The highest BCUT2D eigenvalue weighted by Crippen LogP contribution is 2.16. The maximum absolute atomic E-state index is 9.60. The second-order valence-electron chi connectivity index (χ2n) is 6.31. The van der Waals surface area contributed by atoms with E-state index in [9.17, 15) is 5.11 Å². The Balaban J connectivity index is 1.38. The lowest BCUT2D eigenvalue weighted by atomic mass is 10.1. The van der Waals surface area contributed by atoms with E-state index in [-0.39, 0.29) is 6.10 Å². The van der Waals surface area contributed by atoms with Crippen LogP contribution in [-0.2, 0) is 13.1 Å². The highest BCUT2D eigenvalue weighted by molar-refractivity contribution is 5.66. The number of aliphatic hydroxyl groups is 1. The zero-order chi connectivity index (χ0) is 16.4. The van der Waals surface area contributed by atoms with Gasteiger partial charge in [0.15, 0.2) is 5.82 Å². The number of fused-ring (bicyclic) bond motifs is 1. The van der Waals surface area contributed by atoms with E-state index in [1.807, 2.05) is 16.8 Å². The molecule has 4 rings (SSSR count). The smallest absolute Gasteiger partial charge is 0.152 e. The summed E-state index contributed by atoms with van der Waals surface area (Å²) in [7, 11) is 0. The van der Waals surface area contributed by atoms with Crippen LogP contribution in [0, 0.1) is 0 Å². The Labute approximate surface area is 140 Å². The molecule has 3 aromatic rings. The Hall–Kier alpha value is -2.44. The molecule has 2 N–H and O–H groups in total. The monoisotopic (exact) mass is 323 g/mol. The molecular formula is C18H21N5O. The summed E-state index contributed by atoms with van der Waals surface area (Å²) in [5.41, 5.74) is 3.47. The standard InChI is InChI=1S/C18H21N5O/c24-16-5-7-22(12-16)11-15-3-1-14(2-4-15)9-21-18-17-10-19-13-23(17)8-6-20-18/h1-4,6,8,10,13,16,24H,5,7,9,11-12H2,(H,20,21). The lowest BCUT2D eigenvalue weighted by Crippen LogP contribution is -2.21. The largest absolute Gasteiger partial charge is 0.392 e. The topological polar surface area (TPSA) is 65.7 Å². The van der Waals surface area contributed by atoms with Crippen LogP contribution < -0.4 is 5.32 Å². The van der Waals surface area contributed by atoms with Crippen molar-refractivity contribution in [1.29, 1.82) is 0 Å². The Morgan fingerprint density at radius 2 is 2.04 bits per heavy atom. The van der Waals surface area contributed by atoms with E-state index in [0.717, 1.165) is 43.9 Å². The summed E-state index contributed by atoms with van der Waals surface area (Å²) in [6.45, 7) is 3.39. The lowest BCUT2D eigenvalue weighted by molar-refractivity contribution is 0.175. The van der Waals surface area contributed by atoms with E-state index in [0.29, 0.717) is 0 Å². The number of rotatable bonds is 5. The fraction of sp³-hybridized carbons (Fsp3) is 0.333. The van der Waals surface area contributed by atoms with E-state index in [4.69, 9.17) is 0 Å². The second kappa shape index (κ2) is 6.59. The van der Waals surface area contributed by atoms with E-state index < -0.39 is 0 Å². The van der Waals surface area contributed by atoms with Crippen molar-refractivity contribution in [2.24, 2.45) is 0 Å². The van der Waals surface area contributed by atoms with Crippen molar-refractivity contribution >= 4 is 11.3 Å². The molecule has 6 heteroatoms. The van der Waals surface area contributed by atoms with E-state index in [1.54, 1.807) is 12.5 Å². The van der Waals surface area contributed by atoms with E-state index in [1.165, 1.54) is 11.1 Å². The molecule has 6 nitrogen and oxygen atoms in total. The molecular weight excluding hydrogens is 302 g/mol. The number of aromatic nitrogens is 3. The van der Waals surface area contributed by atoms with Gasteiger partial charge in [-0.25, -0.2) is 9.97 Å². The Bertz CT molecular complexity index is 814. The molecule has 0 saturated carbocycles. The van der Waals surface area contributed by atoms with Gasteiger partial charge in [-0.2, -0.15) is 0 Å². The molecule has 1 fully saturated rings. The molecule has 124 valence electrons. The van der Waals surface area contributed by atoms with Crippen LogP contribution in [0.4, 0.5) is 5.82 Å². The molecule has 1 aliphatic heterocycles. The van der Waals surface area contributed by atoms with Gasteiger partial charge in [0, 0.05) is 38.6 Å². The normalized spacial score (nSPS) is 18.3. The van der Waals surface area contributed by atoms with Gasteiger partial charge < -0.3 is 14.8 Å². The molecule has 1 atom stereocenters. The first-order valence-electron chi connectivity index (χ1n) is 8.27. The summed E-state index contributed by atoms with van der Waals surface area (Å²) in [6.07, 6.45) is 7.96. The lowest BCUT2D eigenvalue weighted by Gasteiger charge is -2.15. The first-order chi connectivity index (χ1) is 11.8. The zero-order valence-electron chi connectivity index (χ0n) is 13.5. The first kappa shape index (κ1) is 15.1. The van der Waals surface area contributed by atoms with Crippen LogP contribution in [0.1, 0.15) is 17.5 Å². The summed E-state index contributed by atoms with van der Waals surface area (Å²) in [5.74, 6) is 0.838. The van der Waals surface area contributed by atoms with Crippen LogP contribution in [0.25, 0.3) is 5.52 Å². The summed E-state index contributed by atoms with van der Waals surface area (Å²) < 4.78 is 1.95. The van der Waals surface area contributed by atoms with Crippen molar-refractivity contribution in [2.45, 2.75) is 25.6 Å². The number of aliphatic hydroxyl groups excluding tert-OH is 1. The number of hydrogen-bond acceptors (Lipinski definition) is 5. The molecule has 1 unspecified atom stereocenters. The van der Waals surface area contributed by atoms with Gasteiger partial charge in [0.1, 0.15) is 5.52 Å². The number of β-amino-alcohol motifs (C(OH)–C–C–N with tert-alkyl or cyclic N) is 1. The van der Waals surface area contributed by atoms with Crippen LogP contribution in [0.2, 0.25) is 0 Å². The molecule has 2 aromatic heterocycles. The van der Waals surface area contributed by atoms with Gasteiger partial charge in [-0.05, 0) is 17.5 Å². The highest BCUT2D eigenvalue weighted by Gasteiger charge is 2.19. The Morgan fingerprint density at radius 3 is 2.83 bits per heavy atom. The molecule has 0 amide bonds. The first-order valence-corrected chi connectivity index (χ1v) is 8.27. The molecule has 0 aliphatic carbocycles. The SMILES string of the molecule is OC1CCN(Cc2ccc(CNc3nccn4cncc34)cc2)C1. The predicted octanol–water partition coefficient (Wildman–Crippen LogP) is 1.91. The third-order valence-electron chi connectivity index (χ3n) is 4.48. The third-order valence-corrected chi connectivity index (χ3v) is 4.48. The third kappa shape index (κ3) is 3.25. The number of imidazole rings is 1. The molecule has 3 heterocycles. The molecule has 0 spiro atoms. The molecule has 1 saturated heterocycles. The highest BCUT2D eigenvalue weighted by atomic mass is 16.3. The fourth-order valence-electron chi connectivity index (χ4n) is 3.15. The number of anilines is 1. The quantitative estimate of drug-likeness (QED) is 0.751. The minimum absolute atomic E-state index is 0.160. The molecule has 24 heavy (non-hydrogen) atoms. The molecule has 0 radical (unpaired) electrons. The molecule has 0 bridgehead atoms. The number of nitrogens with zero attached hydrogens (tertiary/aromatic N) is 4. The maximum Gasteiger partial charge on any atom is 0.152 e. The molecule has 1 aliphatic rings. The summed E-state index contributed by atoms with van der Waals surface area (Å²) >= 11 is 0. The fourth-order valence-corrected chi connectivity index (χ4v) is 3.15. The van der Waals surface area contributed by atoms with Gasteiger partial charge in [0.25, 0.3) is 0 Å². The Kier molecular flexibility index (Phi) is 4.15. The van der Waals surface area contributed by atoms with Crippen molar-refractivity contribution < 1.29 is 5.11 Å². The van der Waals surface area contributed by atoms with Crippen LogP contribution in [0.15, 0.2) is 49.2 Å². The van der Waals surface area contributed by atoms with E-state index >= 15 is 0 Å². The van der Waals surface area contributed by atoms with Gasteiger partial charge in [0.05, 0.1) is 18.6 Å². The van der Waals surface area contributed by atoms with Crippen LogP contribution >= 0.6 is 0 Å². The number of hydrogen-bond donors (Lipinski definition) is 2. The van der Waals surface area contributed by atoms with Crippen LogP contribution in [0.3, 0.4) is 0 Å². The minimum Gasteiger partial charge on any atom is -0.392 e. The van der Waals surface area contributed by atoms with Gasteiger partial charge in [-0.3, -0.25) is 4.90 Å². The van der Waals surface area contributed by atoms with Crippen molar-refractivity contribution in [2.75, 3.05) is 18.4 Å².